The number of carbonyl (C=O) groups is 1. The first-order chi connectivity index (χ1) is 7.86. The van der Waals surface area contributed by atoms with Gasteiger partial charge in [0.25, 0.3) is 0 Å². The molecular formula is C9H13N3O4S. The van der Waals surface area contributed by atoms with E-state index in [-0.39, 0.29) is 10.5 Å². The fourth-order valence-corrected chi connectivity index (χ4v) is 1.78. The van der Waals surface area contributed by atoms with Crippen molar-refractivity contribution in [3.63, 3.8) is 0 Å². The van der Waals surface area contributed by atoms with E-state index in [0.717, 1.165) is 6.07 Å². The number of benzene rings is 1. The van der Waals surface area contributed by atoms with Crippen LogP contribution in [0, 0.1) is 0 Å². The zero-order chi connectivity index (χ0) is 13.1. The summed E-state index contributed by atoms with van der Waals surface area (Å²) in [4.78, 5) is 10.7. The lowest BCUT2D eigenvalue weighted by molar-refractivity contribution is 0.0697. The zero-order valence-electron chi connectivity index (χ0n) is 8.88. The van der Waals surface area contributed by atoms with E-state index in [1.165, 1.54) is 12.1 Å². The third-order valence-corrected chi connectivity index (χ3v) is 2.92. The van der Waals surface area contributed by atoms with Gasteiger partial charge in [-0.25, -0.2) is 18.4 Å². The van der Waals surface area contributed by atoms with Crippen LogP contribution in [0.2, 0.25) is 0 Å². The van der Waals surface area contributed by atoms with Gasteiger partial charge in [0.1, 0.15) is 0 Å². The van der Waals surface area contributed by atoms with Crippen molar-refractivity contribution < 1.29 is 18.3 Å². The molecule has 94 valence electrons. The molecule has 0 amide bonds. The highest BCUT2D eigenvalue weighted by molar-refractivity contribution is 7.89. The summed E-state index contributed by atoms with van der Waals surface area (Å²) >= 11 is 0. The third-order valence-electron chi connectivity index (χ3n) is 2.01. The maximum absolute atomic E-state index is 11.1. The Labute approximate surface area is 98.5 Å². The molecule has 0 aliphatic rings. The van der Waals surface area contributed by atoms with Crippen molar-refractivity contribution in [3.05, 3.63) is 23.8 Å². The summed E-state index contributed by atoms with van der Waals surface area (Å²) in [5.41, 5.74) is 5.42. The number of nitrogens with two attached hydrogens (primary N) is 2. The molecule has 0 atom stereocenters. The third kappa shape index (κ3) is 3.41. The van der Waals surface area contributed by atoms with Crippen LogP contribution in [0.25, 0.3) is 0 Å². The molecule has 0 saturated heterocycles. The van der Waals surface area contributed by atoms with Gasteiger partial charge >= 0.3 is 5.97 Å². The molecule has 0 aliphatic heterocycles. The lowest BCUT2D eigenvalue weighted by atomic mass is 10.2. The van der Waals surface area contributed by atoms with Gasteiger partial charge in [0.2, 0.25) is 10.0 Å². The van der Waals surface area contributed by atoms with Gasteiger partial charge in [0.05, 0.1) is 10.5 Å². The first-order valence-electron chi connectivity index (χ1n) is 4.70. The van der Waals surface area contributed by atoms with Crippen LogP contribution < -0.4 is 16.2 Å². The van der Waals surface area contributed by atoms with E-state index in [4.69, 9.17) is 16.0 Å². The Morgan fingerprint density at radius 3 is 2.53 bits per heavy atom. The lowest BCUT2D eigenvalue weighted by Gasteiger charge is -2.09. The van der Waals surface area contributed by atoms with E-state index < -0.39 is 16.0 Å². The second kappa shape index (κ2) is 5.13. The normalized spacial score (nSPS) is 11.2. The number of aromatic carboxylic acids is 1. The first-order valence-corrected chi connectivity index (χ1v) is 6.25. The van der Waals surface area contributed by atoms with Crippen LogP contribution in [0.15, 0.2) is 23.1 Å². The monoisotopic (exact) mass is 259 g/mol. The predicted octanol–water partition coefficient (Wildman–Crippen LogP) is -0.597. The van der Waals surface area contributed by atoms with E-state index in [1.807, 2.05) is 0 Å². The molecule has 6 N–H and O–H groups in total. The molecule has 1 aromatic rings. The van der Waals surface area contributed by atoms with Crippen molar-refractivity contribution in [2.24, 2.45) is 10.9 Å². The Hall–Kier alpha value is -1.64. The minimum Gasteiger partial charge on any atom is -0.478 e. The van der Waals surface area contributed by atoms with Crippen molar-refractivity contribution in [3.8, 4) is 0 Å². The van der Waals surface area contributed by atoms with Gasteiger partial charge in [0.15, 0.2) is 0 Å². The molecule has 8 heteroatoms. The number of hydrogen-bond donors (Lipinski definition) is 4. The molecule has 1 rings (SSSR count). The van der Waals surface area contributed by atoms with E-state index >= 15 is 0 Å². The second-order valence-corrected chi connectivity index (χ2v) is 4.83. The summed E-state index contributed by atoms with van der Waals surface area (Å²) < 4.78 is 22.2. The highest BCUT2D eigenvalue weighted by Gasteiger charge is 2.15. The molecule has 0 aromatic heterocycles. The van der Waals surface area contributed by atoms with Crippen molar-refractivity contribution >= 4 is 21.7 Å². The maximum Gasteiger partial charge on any atom is 0.337 e. The molecule has 7 nitrogen and oxygen atoms in total. The maximum atomic E-state index is 11.1. The molecule has 0 fully saturated rings. The summed E-state index contributed by atoms with van der Waals surface area (Å²) in [6, 6.07) is 3.59. The van der Waals surface area contributed by atoms with E-state index in [9.17, 15) is 13.2 Å². The van der Waals surface area contributed by atoms with Crippen LogP contribution in [0.1, 0.15) is 10.4 Å². The largest absolute Gasteiger partial charge is 0.478 e. The average Bonchev–Trinajstić information content (AvgIpc) is 2.24. The number of carboxylic acid groups (broad SMARTS) is 1. The van der Waals surface area contributed by atoms with Gasteiger partial charge in [0, 0.05) is 18.8 Å². The predicted molar refractivity (Wildman–Crippen MR) is 62.3 cm³/mol. The topological polar surface area (TPSA) is 136 Å². The molecule has 0 unspecified atom stereocenters. The van der Waals surface area contributed by atoms with Crippen LogP contribution in [0.3, 0.4) is 0 Å². The lowest BCUT2D eigenvalue weighted by Crippen LogP contribution is -2.17. The van der Waals surface area contributed by atoms with Crippen LogP contribution in [0.4, 0.5) is 5.69 Å². The fraction of sp³-hybridized carbons (Fsp3) is 0.222. The number of carboxylic acids is 1. The molecule has 17 heavy (non-hydrogen) atoms. The van der Waals surface area contributed by atoms with Crippen molar-refractivity contribution in [1.29, 1.82) is 0 Å². The van der Waals surface area contributed by atoms with Gasteiger partial charge in [-0.3, -0.25) is 0 Å². The number of sulfonamides is 1. The molecule has 0 bridgehead atoms. The highest BCUT2D eigenvalue weighted by atomic mass is 32.2. The molecule has 1 aromatic carbocycles. The molecular weight excluding hydrogens is 246 g/mol. The standard InChI is InChI=1S/C9H13N3O4S/c10-3-4-12-8-2-1-6(17(11,15)16)5-7(8)9(13)14/h1-2,5,12H,3-4,10H2,(H,13,14)(H2,11,15,16). The van der Waals surface area contributed by atoms with Crippen molar-refractivity contribution in [2.75, 3.05) is 18.4 Å². The second-order valence-electron chi connectivity index (χ2n) is 3.27. The molecule has 0 heterocycles. The number of nitrogens with one attached hydrogen (secondary N) is 1. The number of hydrogen-bond acceptors (Lipinski definition) is 5. The minimum absolute atomic E-state index is 0.162. The number of rotatable bonds is 5. The van der Waals surface area contributed by atoms with E-state index in [2.05, 4.69) is 5.32 Å². The molecule has 0 aliphatic carbocycles. The van der Waals surface area contributed by atoms with Crippen LogP contribution >= 0.6 is 0 Å². The molecule has 0 saturated carbocycles. The Kier molecular flexibility index (Phi) is 4.05. The average molecular weight is 259 g/mol. The highest BCUT2D eigenvalue weighted by Crippen LogP contribution is 2.19. The Balaban J connectivity index is 3.22. The Bertz CT molecular complexity index is 527. The SMILES string of the molecule is NCCNc1ccc(S(N)(=O)=O)cc1C(=O)O. The summed E-state index contributed by atoms with van der Waals surface area (Å²) in [6.07, 6.45) is 0. The minimum atomic E-state index is -3.91. The van der Waals surface area contributed by atoms with Gasteiger partial charge in [-0.05, 0) is 18.2 Å². The summed E-state index contributed by atoms with van der Waals surface area (Å²) in [5, 5.41) is 16.6. The van der Waals surface area contributed by atoms with Gasteiger partial charge in [-0.2, -0.15) is 0 Å². The van der Waals surface area contributed by atoms with E-state index in [0.29, 0.717) is 18.8 Å². The summed E-state index contributed by atoms with van der Waals surface area (Å²) in [7, 11) is -3.91. The van der Waals surface area contributed by atoms with Gasteiger partial charge in [-0.15, -0.1) is 0 Å². The summed E-state index contributed by atoms with van der Waals surface area (Å²) in [6.45, 7) is 0.713. The quantitative estimate of drug-likeness (QED) is 0.557. The first kappa shape index (κ1) is 13.4. The van der Waals surface area contributed by atoms with Crippen molar-refractivity contribution in [2.45, 2.75) is 4.90 Å². The molecule has 0 radical (unpaired) electrons. The number of primary sulfonamides is 1. The number of anilines is 1. The molecule has 0 spiro atoms. The van der Waals surface area contributed by atoms with Crippen LogP contribution in [0.5, 0.6) is 0 Å². The van der Waals surface area contributed by atoms with Crippen LogP contribution in [-0.2, 0) is 10.0 Å². The van der Waals surface area contributed by atoms with Gasteiger partial charge in [-0.1, -0.05) is 0 Å². The Morgan fingerprint density at radius 2 is 2.06 bits per heavy atom. The summed E-state index contributed by atoms with van der Waals surface area (Å²) in [5.74, 6) is -1.24. The van der Waals surface area contributed by atoms with E-state index in [1.54, 1.807) is 0 Å². The van der Waals surface area contributed by atoms with Gasteiger partial charge < -0.3 is 16.2 Å². The zero-order valence-corrected chi connectivity index (χ0v) is 9.70. The van der Waals surface area contributed by atoms with Crippen molar-refractivity contribution in [1.82, 2.24) is 0 Å². The fourth-order valence-electron chi connectivity index (χ4n) is 1.24. The smallest absolute Gasteiger partial charge is 0.337 e. The Morgan fingerprint density at radius 1 is 1.41 bits per heavy atom. The van der Waals surface area contributed by atoms with Crippen LogP contribution in [-0.4, -0.2) is 32.6 Å².